The molecule has 0 saturated carbocycles. The zero-order valence-electron chi connectivity index (χ0n) is 15.1. The monoisotopic (exact) mass is 353 g/mol. The first kappa shape index (κ1) is 16.7. The first-order chi connectivity index (χ1) is 12.5. The number of hydrogen-bond donors (Lipinski definition) is 2. The Kier molecular flexibility index (Phi) is 4.20. The van der Waals surface area contributed by atoms with Gasteiger partial charge in [0, 0.05) is 31.0 Å². The van der Waals surface area contributed by atoms with Gasteiger partial charge in [-0.1, -0.05) is 0 Å². The van der Waals surface area contributed by atoms with Crippen molar-refractivity contribution < 1.29 is 4.79 Å². The molecule has 4 rings (SSSR count). The second-order valence-corrected chi connectivity index (χ2v) is 7.01. The number of imidazole rings is 1. The summed E-state index contributed by atoms with van der Waals surface area (Å²) in [4.78, 5) is 20.3. The van der Waals surface area contributed by atoms with Crippen molar-refractivity contribution in [3.63, 3.8) is 0 Å². The number of nitrogens with zero attached hydrogens (tertiary/aromatic N) is 5. The van der Waals surface area contributed by atoms with E-state index in [1.807, 2.05) is 17.8 Å². The summed E-state index contributed by atoms with van der Waals surface area (Å²) in [7, 11) is 0. The highest BCUT2D eigenvalue weighted by Crippen LogP contribution is 2.22. The molecular formula is C18H23N7O. The molecule has 3 N–H and O–H groups in total. The van der Waals surface area contributed by atoms with Gasteiger partial charge in [-0.05, 0) is 38.7 Å². The number of primary amides is 1. The van der Waals surface area contributed by atoms with Crippen LogP contribution in [0.15, 0.2) is 18.5 Å². The van der Waals surface area contributed by atoms with Crippen molar-refractivity contribution >= 4 is 11.7 Å². The third-order valence-corrected chi connectivity index (χ3v) is 5.04. The quantitative estimate of drug-likeness (QED) is 0.712. The number of aromatic nitrogens is 5. The van der Waals surface area contributed by atoms with E-state index in [1.165, 1.54) is 0 Å². The Bertz CT molecular complexity index is 971. The molecule has 8 heteroatoms. The van der Waals surface area contributed by atoms with Crippen molar-refractivity contribution in [2.45, 2.75) is 39.8 Å². The molecule has 4 heterocycles. The van der Waals surface area contributed by atoms with Gasteiger partial charge in [0.25, 0.3) is 5.91 Å². The molecule has 1 atom stereocenters. The zero-order valence-corrected chi connectivity index (χ0v) is 15.1. The van der Waals surface area contributed by atoms with E-state index < -0.39 is 5.91 Å². The minimum atomic E-state index is -0.394. The van der Waals surface area contributed by atoms with Crippen LogP contribution in [0.2, 0.25) is 0 Å². The predicted octanol–water partition coefficient (Wildman–Crippen LogP) is 0.994. The van der Waals surface area contributed by atoms with E-state index in [9.17, 15) is 4.79 Å². The number of amides is 1. The molecule has 136 valence electrons. The van der Waals surface area contributed by atoms with E-state index in [4.69, 9.17) is 5.73 Å². The first-order valence-corrected chi connectivity index (χ1v) is 8.88. The topological polar surface area (TPSA) is 103 Å². The molecule has 1 amide bonds. The Labute approximate surface area is 151 Å². The minimum absolute atomic E-state index is 0.394. The van der Waals surface area contributed by atoms with Gasteiger partial charge in [0.1, 0.15) is 0 Å². The van der Waals surface area contributed by atoms with Crippen LogP contribution < -0.4 is 11.1 Å². The van der Waals surface area contributed by atoms with Crippen LogP contribution >= 0.6 is 0 Å². The molecule has 0 fully saturated rings. The van der Waals surface area contributed by atoms with Crippen molar-refractivity contribution in [1.82, 2.24) is 29.5 Å². The second-order valence-electron chi connectivity index (χ2n) is 7.01. The Balaban J connectivity index is 1.39. The van der Waals surface area contributed by atoms with Gasteiger partial charge in [-0.3, -0.25) is 13.9 Å². The Morgan fingerprint density at radius 3 is 3.04 bits per heavy atom. The molecule has 0 bridgehead atoms. The summed E-state index contributed by atoms with van der Waals surface area (Å²) >= 11 is 0. The molecule has 3 aromatic heterocycles. The van der Waals surface area contributed by atoms with Crippen molar-refractivity contribution in [3.05, 3.63) is 46.8 Å². The summed E-state index contributed by atoms with van der Waals surface area (Å²) in [6, 6.07) is 2.06. The Morgan fingerprint density at radius 2 is 2.23 bits per heavy atom. The number of carbonyl (C=O) groups is 1. The van der Waals surface area contributed by atoms with Gasteiger partial charge in [0.2, 0.25) is 5.78 Å². The molecule has 3 aromatic rings. The van der Waals surface area contributed by atoms with E-state index in [0.717, 1.165) is 61.0 Å². The number of fused-ring (bicyclic) bond motifs is 2. The Morgan fingerprint density at radius 1 is 1.38 bits per heavy atom. The first-order valence-electron chi connectivity index (χ1n) is 8.88. The smallest absolute Gasteiger partial charge is 0.252 e. The number of aryl methyl sites for hydroxylation is 2. The van der Waals surface area contributed by atoms with E-state index in [0.29, 0.717) is 11.5 Å². The maximum atomic E-state index is 11.4. The van der Waals surface area contributed by atoms with Crippen molar-refractivity contribution in [3.8, 4) is 0 Å². The average molecular weight is 353 g/mol. The van der Waals surface area contributed by atoms with Crippen LogP contribution in [-0.2, 0) is 19.5 Å². The van der Waals surface area contributed by atoms with Gasteiger partial charge in [0.15, 0.2) is 0 Å². The van der Waals surface area contributed by atoms with Crippen LogP contribution in [0.5, 0.6) is 0 Å². The zero-order chi connectivity index (χ0) is 18.3. The maximum absolute atomic E-state index is 11.4. The predicted molar refractivity (Wildman–Crippen MR) is 96.7 cm³/mol. The number of carbonyl (C=O) groups excluding carboxylic acids is 1. The minimum Gasteiger partial charge on any atom is -0.365 e. The summed E-state index contributed by atoms with van der Waals surface area (Å²) in [5, 5.41) is 7.84. The fraction of sp³-hybridized carbons (Fsp3) is 0.444. The van der Waals surface area contributed by atoms with Crippen LogP contribution in [0.4, 0.5) is 0 Å². The standard InChI is InChI=1S/C18H23N7O/c1-11-5-12(2)25-14(8-21-18(25)23-11)7-20-6-13-3-4-16-15(17(19)26)9-22-24(16)10-13/h5,8-9,13,20H,3-4,6-7,10H2,1-2H3,(H2,19,26)/t13-/m1/s1. The molecule has 0 saturated heterocycles. The van der Waals surface area contributed by atoms with Crippen molar-refractivity contribution in [2.75, 3.05) is 6.54 Å². The average Bonchev–Trinajstić information content (AvgIpc) is 3.18. The molecule has 8 nitrogen and oxygen atoms in total. The highest BCUT2D eigenvalue weighted by Gasteiger charge is 2.23. The lowest BCUT2D eigenvalue weighted by Gasteiger charge is -2.24. The fourth-order valence-electron chi connectivity index (χ4n) is 3.81. The SMILES string of the molecule is Cc1cc(C)n2c(CNC[C@H]3CCc4c(C(N)=O)cnn4C3)cnc2n1. The van der Waals surface area contributed by atoms with Crippen LogP contribution in [0.3, 0.4) is 0 Å². The van der Waals surface area contributed by atoms with Crippen molar-refractivity contribution in [2.24, 2.45) is 11.7 Å². The lowest BCUT2D eigenvalue weighted by molar-refractivity contribution is 0.0998. The number of nitrogens with two attached hydrogens (primary N) is 1. The van der Waals surface area contributed by atoms with Gasteiger partial charge in [0.05, 0.1) is 29.3 Å². The summed E-state index contributed by atoms with van der Waals surface area (Å²) in [5.74, 6) is 0.829. The van der Waals surface area contributed by atoms with Gasteiger partial charge in [-0.2, -0.15) is 5.10 Å². The highest BCUT2D eigenvalue weighted by atomic mass is 16.1. The molecule has 1 aliphatic rings. The Hall–Kier alpha value is -2.74. The highest BCUT2D eigenvalue weighted by molar-refractivity contribution is 5.93. The number of hydrogen-bond acceptors (Lipinski definition) is 5. The summed E-state index contributed by atoms with van der Waals surface area (Å²) in [6.07, 6.45) is 5.32. The summed E-state index contributed by atoms with van der Waals surface area (Å²) in [6.45, 7) is 6.49. The molecule has 0 radical (unpaired) electrons. The molecule has 0 unspecified atom stereocenters. The van der Waals surface area contributed by atoms with Crippen LogP contribution in [0.25, 0.3) is 5.78 Å². The molecule has 26 heavy (non-hydrogen) atoms. The molecule has 1 aliphatic heterocycles. The summed E-state index contributed by atoms with van der Waals surface area (Å²) < 4.78 is 4.01. The van der Waals surface area contributed by atoms with E-state index >= 15 is 0 Å². The van der Waals surface area contributed by atoms with Gasteiger partial charge < -0.3 is 11.1 Å². The van der Waals surface area contributed by atoms with Crippen LogP contribution in [-0.4, -0.2) is 36.6 Å². The fourth-order valence-corrected chi connectivity index (χ4v) is 3.81. The largest absolute Gasteiger partial charge is 0.365 e. The molecule has 0 aromatic carbocycles. The maximum Gasteiger partial charge on any atom is 0.252 e. The lowest BCUT2D eigenvalue weighted by Crippen LogP contribution is -2.31. The summed E-state index contributed by atoms with van der Waals surface area (Å²) in [5.41, 5.74) is 10.1. The van der Waals surface area contributed by atoms with Gasteiger partial charge in [-0.15, -0.1) is 0 Å². The molecule has 0 aliphatic carbocycles. The molecule has 0 spiro atoms. The lowest BCUT2D eigenvalue weighted by atomic mass is 9.96. The van der Waals surface area contributed by atoms with E-state index in [1.54, 1.807) is 6.20 Å². The normalized spacial score (nSPS) is 16.8. The van der Waals surface area contributed by atoms with E-state index in [-0.39, 0.29) is 0 Å². The number of nitrogens with one attached hydrogen (secondary N) is 1. The van der Waals surface area contributed by atoms with Crippen molar-refractivity contribution in [1.29, 1.82) is 0 Å². The third kappa shape index (κ3) is 2.96. The number of rotatable bonds is 5. The van der Waals surface area contributed by atoms with Crippen LogP contribution in [0.1, 0.15) is 39.6 Å². The van der Waals surface area contributed by atoms with Gasteiger partial charge >= 0.3 is 0 Å². The third-order valence-electron chi connectivity index (χ3n) is 5.04. The second kappa shape index (κ2) is 6.53. The molecular weight excluding hydrogens is 330 g/mol. The van der Waals surface area contributed by atoms with Gasteiger partial charge in [-0.25, -0.2) is 9.97 Å². The van der Waals surface area contributed by atoms with Crippen LogP contribution in [0, 0.1) is 19.8 Å². The van der Waals surface area contributed by atoms with E-state index in [2.05, 4.69) is 37.8 Å².